The van der Waals surface area contributed by atoms with Crippen molar-refractivity contribution >= 4 is 49.5 Å². The lowest BCUT2D eigenvalue weighted by Crippen LogP contribution is -2.49. The van der Waals surface area contributed by atoms with E-state index in [9.17, 15) is 14.7 Å². The Morgan fingerprint density at radius 3 is 2.33 bits per heavy atom. The number of ether oxygens (including phenoxy) is 2. The Labute approximate surface area is 317 Å². The van der Waals surface area contributed by atoms with Gasteiger partial charge in [0.2, 0.25) is 0 Å². The molecule has 3 heterocycles. The van der Waals surface area contributed by atoms with Crippen molar-refractivity contribution in [2.45, 2.75) is 104 Å². The maximum atomic E-state index is 12.9. The minimum atomic E-state index is -2.27. The number of nitrogens with one attached hydrogen (secondary N) is 1. The molecule has 1 fully saturated rings. The molecule has 3 aromatic rings. The van der Waals surface area contributed by atoms with E-state index >= 15 is 0 Å². The topological polar surface area (TPSA) is 152 Å². The molecular formula is C36H52Cl2N6O7Si. The fraction of sp³-hybridized carbons (Fsp3) is 0.583. The minimum Gasteiger partial charge on any atom is -0.491 e. The Hall–Kier alpha value is -3.59. The van der Waals surface area contributed by atoms with Crippen LogP contribution in [0.2, 0.25) is 28.2 Å². The van der Waals surface area contributed by atoms with Crippen molar-refractivity contribution in [1.82, 2.24) is 24.9 Å². The van der Waals surface area contributed by atoms with Gasteiger partial charge in [0.15, 0.2) is 14.1 Å². The molecule has 0 aliphatic carbocycles. The summed E-state index contributed by atoms with van der Waals surface area (Å²) in [4.78, 5) is 37.0. The molecule has 2 N–H and O–H groups in total. The zero-order valence-electron chi connectivity index (χ0n) is 32.0. The minimum absolute atomic E-state index is 0.0739. The van der Waals surface area contributed by atoms with Crippen LogP contribution in [0.15, 0.2) is 22.7 Å². The SMILES string of the molecule is Cc1noc(C)c1-c1nc(-c2cc(OCC(CN(C)C(=O)OC(C)(C)C)O[Si](C)(C)C(C)(C)C)ccc2Cl)nc(NC2CCN(C(=O)O)CC2)c1Cl. The van der Waals surface area contributed by atoms with Crippen LogP contribution in [-0.2, 0) is 9.16 Å². The standard InChI is InChI=1S/C36H52Cl2N6O7Si/c1-21-28(22(2)50-42-21)30-29(38)32(39-23-14-16-44(17-15-23)33(45)46)41-31(40-30)26-18-24(12-13-27(26)37)48-20-25(51-52(10,11)36(6,7)8)19-43(9)34(47)49-35(3,4)5/h12-13,18,23,25H,14-17,19-20H2,1-11H3,(H,45,46)(H,39,40,41). The summed E-state index contributed by atoms with van der Waals surface area (Å²) in [6, 6.07) is 5.16. The number of halogens is 2. The number of carbonyl (C=O) groups is 2. The summed E-state index contributed by atoms with van der Waals surface area (Å²) in [5.74, 6) is 1.71. The van der Waals surface area contributed by atoms with Gasteiger partial charge in [0, 0.05) is 31.7 Å². The lowest BCUT2D eigenvalue weighted by molar-refractivity contribution is 0.0172. The second-order valence-corrected chi connectivity index (χ2v) is 21.3. The maximum absolute atomic E-state index is 12.9. The molecular weight excluding hydrogens is 727 g/mol. The molecule has 13 nitrogen and oxygen atoms in total. The van der Waals surface area contributed by atoms with Crippen molar-refractivity contribution in [3.05, 3.63) is 39.7 Å². The fourth-order valence-corrected chi connectivity index (χ4v) is 7.22. The Kier molecular flexibility index (Phi) is 12.8. The number of amides is 2. The highest BCUT2D eigenvalue weighted by atomic mass is 35.5. The van der Waals surface area contributed by atoms with Crippen LogP contribution in [-0.4, -0.2) is 102 Å². The number of rotatable bonds is 11. The first-order chi connectivity index (χ1) is 24.1. The smallest absolute Gasteiger partial charge is 0.410 e. The maximum Gasteiger partial charge on any atom is 0.410 e. The number of hydrogen-bond donors (Lipinski definition) is 2. The van der Waals surface area contributed by atoms with Gasteiger partial charge in [-0.3, -0.25) is 0 Å². The molecule has 16 heteroatoms. The van der Waals surface area contributed by atoms with E-state index in [1.165, 1.54) is 9.80 Å². The summed E-state index contributed by atoms with van der Waals surface area (Å²) in [6.45, 7) is 21.0. The summed E-state index contributed by atoms with van der Waals surface area (Å²) in [6.07, 6.45) is -0.692. The van der Waals surface area contributed by atoms with Gasteiger partial charge in [-0.15, -0.1) is 0 Å². The molecule has 0 bridgehead atoms. The van der Waals surface area contributed by atoms with E-state index in [1.54, 1.807) is 32.2 Å². The number of hydrogen-bond acceptors (Lipinski definition) is 10. The van der Waals surface area contributed by atoms with Crippen molar-refractivity contribution < 1.29 is 33.1 Å². The quantitative estimate of drug-likeness (QED) is 0.180. The van der Waals surface area contributed by atoms with Crippen LogP contribution in [0.5, 0.6) is 5.75 Å². The van der Waals surface area contributed by atoms with E-state index in [0.29, 0.717) is 76.6 Å². The lowest BCUT2D eigenvalue weighted by atomic mass is 10.0. The van der Waals surface area contributed by atoms with Gasteiger partial charge in [0.25, 0.3) is 0 Å². The molecule has 1 atom stereocenters. The molecule has 52 heavy (non-hydrogen) atoms. The number of aromatic nitrogens is 3. The van der Waals surface area contributed by atoms with Gasteiger partial charge in [-0.2, -0.15) is 0 Å². The normalized spacial score (nSPS) is 15.0. The number of benzene rings is 1. The van der Waals surface area contributed by atoms with Gasteiger partial charge in [0.1, 0.15) is 40.3 Å². The Bertz CT molecular complexity index is 1730. The van der Waals surface area contributed by atoms with Crippen molar-refractivity contribution in [2.75, 3.05) is 38.6 Å². The Balaban J connectivity index is 1.67. The number of carboxylic acid groups (broad SMARTS) is 1. The van der Waals surface area contributed by atoms with Crippen molar-refractivity contribution in [3.8, 4) is 28.4 Å². The van der Waals surface area contributed by atoms with Crippen molar-refractivity contribution in [1.29, 1.82) is 0 Å². The summed E-state index contributed by atoms with van der Waals surface area (Å²) in [5, 5.41) is 17.5. The van der Waals surface area contributed by atoms with Crippen molar-refractivity contribution in [3.63, 3.8) is 0 Å². The van der Waals surface area contributed by atoms with Gasteiger partial charge in [-0.25, -0.2) is 19.6 Å². The molecule has 1 saturated heterocycles. The summed E-state index contributed by atoms with van der Waals surface area (Å²) in [7, 11) is -0.587. The summed E-state index contributed by atoms with van der Waals surface area (Å²) < 4.78 is 24.2. The molecule has 1 aromatic carbocycles. The number of likely N-dealkylation sites (tertiary alicyclic amines) is 1. The Morgan fingerprint density at radius 1 is 1.12 bits per heavy atom. The third kappa shape index (κ3) is 10.3. The van der Waals surface area contributed by atoms with Crippen molar-refractivity contribution in [2.24, 2.45) is 0 Å². The first-order valence-corrected chi connectivity index (χ1v) is 21.0. The molecule has 2 aromatic heterocycles. The number of nitrogens with zero attached hydrogens (tertiary/aromatic N) is 5. The first-order valence-electron chi connectivity index (χ1n) is 17.4. The molecule has 2 amide bonds. The van der Waals surface area contributed by atoms with Crippen LogP contribution in [0.1, 0.15) is 65.8 Å². The molecule has 4 rings (SSSR count). The fourth-order valence-electron chi connectivity index (χ4n) is 5.45. The van der Waals surface area contributed by atoms with E-state index < -0.39 is 32.2 Å². The molecule has 1 aliphatic rings. The third-order valence-corrected chi connectivity index (χ3v) is 14.5. The number of piperidine rings is 1. The largest absolute Gasteiger partial charge is 0.491 e. The molecule has 1 unspecified atom stereocenters. The molecule has 1 aliphatic heterocycles. The number of carbonyl (C=O) groups excluding carboxylic acids is 1. The van der Waals surface area contributed by atoms with Crippen LogP contribution < -0.4 is 10.1 Å². The van der Waals surface area contributed by atoms with E-state index in [0.717, 1.165) is 0 Å². The van der Waals surface area contributed by atoms with Gasteiger partial charge in [0.05, 0.1) is 28.9 Å². The third-order valence-electron chi connectivity index (χ3n) is 9.29. The van der Waals surface area contributed by atoms with Gasteiger partial charge in [-0.05, 0) is 83.8 Å². The number of aryl methyl sites for hydroxylation is 2. The first kappa shape index (κ1) is 41.2. The molecule has 0 radical (unpaired) electrons. The average molecular weight is 780 g/mol. The van der Waals surface area contributed by atoms with E-state index in [-0.39, 0.29) is 29.3 Å². The highest BCUT2D eigenvalue weighted by Crippen LogP contribution is 2.40. The predicted octanol–water partition coefficient (Wildman–Crippen LogP) is 8.91. The monoisotopic (exact) mass is 778 g/mol. The van der Waals surface area contributed by atoms with Crippen LogP contribution in [0.25, 0.3) is 22.6 Å². The van der Waals surface area contributed by atoms with Crippen LogP contribution in [0.4, 0.5) is 15.4 Å². The zero-order chi connectivity index (χ0) is 38.8. The lowest BCUT2D eigenvalue weighted by Gasteiger charge is -2.40. The summed E-state index contributed by atoms with van der Waals surface area (Å²) >= 11 is 13.8. The van der Waals surface area contributed by atoms with E-state index in [2.05, 4.69) is 44.3 Å². The van der Waals surface area contributed by atoms with Crippen LogP contribution >= 0.6 is 23.2 Å². The number of anilines is 1. The zero-order valence-corrected chi connectivity index (χ0v) is 34.5. The Morgan fingerprint density at radius 2 is 1.77 bits per heavy atom. The molecule has 286 valence electrons. The van der Waals surface area contributed by atoms with Gasteiger partial charge >= 0.3 is 12.2 Å². The average Bonchev–Trinajstić information content (AvgIpc) is 3.37. The highest BCUT2D eigenvalue weighted by molar-refractivity contribution is 6.74. The predicted molar refractivity (Wildman–Crippen MR) is 205 cm³/mol. The second kappa shape index (κ2) is 16.2. The van der Waals surface area contributed by atoms with Crippen LogP contribution in [0.3, 0.4) is 0 Å². The highest BCUT2D eigenvalue weighted by Gasteiger charge is 2.40. The van der Waals surface area contributed by atoms with E-state index in [4.69, 9.17) is 51.6 Å². The number of likely N-dealkylation sites (N-methyl/N-ethyl adjacent to an activating group) is 1. The molecule has 0 saturated carbocycles. The molecule has 0 spiro atoms. The van der Waals surface area contributed by atoms with Gasteiger partial charge < -0.3 is 38.6 Å². The van der Waals surface area contributed by atoms with E-state index in [1.807, 2.05) is 27.7 Å². The second-order valence-electron chi connectivity index (χ2n) is 15.8. The van der Waals surface area contributed by atoms with Gasteiger partial charge in [-0.1, -0.05) is 49.1 Å². The van der Waals surface area contributed by atoms with Crippen LogP contribution in [0, 0.1) is 13.8 Å². The summed E-state index contributed by atoms with van der Waals surface area (Å²) in [5.41, 5.74) is 1.53.